The van der Waals surface area contributed by atoms with E-state index in [1.54, 1.807) is 23.7 Å². The summed E-state index contributed by atoms with van der Waals surface area (Å²) in [6.07, 6.45) is 5.12. The minimum atomic E-state index is -0.261. The topological polar surface area (TPSA) is 98.2 Å². The first-order chi connectivity index (χ1) is 15.5. The predicted octanol–water partition coefficient (Wildman–Crippen LogP) is 4.62. The van der Waals surface area contributed by atoms with Crippen molar-refractivity contribution in [3.63, 3.8) is 0 Å². The Bertz CT molecular complexity index is 1470. The summed E-state index contributed by atoms with van der Waals surface area (Å²) in [6, 6.07) is 13.4. The summed E-state index contributed by atoms with van der Waals surface area (Å²) in [4.78, 5) is 26.2. The number of carbonyl (C=O) groups excluding carboxylic acids is 1. The first kappa shape index (κ1) is 19.6. The number of pyridine rings is 2. The van der Waals surface area contributed by atoms with Crippen LogP contribution in [0.5, 0.6) is 0 Å². The van der Waals surface area contributed by atoms with Crippen LogP contribution >= 0.6 is 0 Å². The lowest BCUT2D eigenvalue weighted by Crippen LogP contribution is -2.16. The number of aryl methyl sites for hydroxylation is 3. The first-order valence-electron chi connectivity index (χ1n) is 10.1. The lowest BCUT2D eigenvalue weighted by molar-refractivity contribution is 0.102. The summed E-state index contributed by atoms with van der Waals surface area (Å²) >= 11 is 0. The lowest BCUT2D eigenvalue weighted by Gasteiger charge is -2.15. The average molecular weight is 424 g/mol. The van der Waals surface area contributed by atoms with E-state index < -0.39 is 0 Å². The van der Waals surface area contributed by atoms with Gasteiger partial charge in [0, 0.05) is 30.4 Å². The number of carbonyl (C=O) groups is 1. The number of amides is 1. The second kappa shape index (κ2) is 7.73. The normalized spacial score (nSPS) is 11.1. The highest BCUT2D eigenvalue weighted by atomic mass is 16.5. The number of aromatic nitrogens is 5. The Morgan fingerprint density at radius 3 is 2.72 bits per heavy atom. The molecular formula is C24H20N6O2. The SMILES string of the molecule is Cc1nc(-c2ccc(C)c(-c3ccnc(C)c3NC(=O)c3cnc4ccccn34)c2)no1. The van der Waals surface area contributed by atoms with Crippen molar-refractivity contribution in [2.24, 2.45) is 0 Å². The molecule has 0 saturated carbocycles. The quantitative estimate of drug-likeness (QED) is 0.452. The van der Waals surface area contributed by atoms with E-state index in [1.807, 2.05) is 62.5 Å². The molecule has 5 rings (SSSR count). The number of nitrogens with zero attached hydrogens (tertiary/aromatic N) is 5. The van der Waals surface area contributed by atoms with E-state index in [0.717, 1.165) is 22.3 Å². The van der Waals surface area contributed by atoms with Crippen LogP contribution < -0.4 is 5.32 Å². The molecule has 32 heavy (non-hydrogen) atoms. The van der Waals surface area contributed by atoms with Gasteiger partial charge in [-0.3, -0.25) is 14.2 Å². The molecule has 1 aromatic carbocycles. The van der Waals surface area contributed by atoms with Crippen LogP contribution in [-0.2, 0) is 0 Å². The van der Waals surface area contributed by atoms with Gasteiger partial charge in [-0.1, -0.05) is 23.4 Å². The fourth-order valence-corrected chi connectivity index (χ4v) is 3.69. The van der Waals surface area contributed by atoms with Crippen LogP contribution in [0.2, 0.25) is 0 Å². The third-order valence-electron chi connectivity index (χ3n) is 5.34. The minimum absolute atomic E-state index is 0.261. The maximum absolute atomic E-state index is 13.2. The lowest BCUT2D eigenvalue weighted by atomic mass is 9.96. The fraction of sp³-hybridized carbons (Fsp3) is 0.125. The van der Waals surface area contributed by atoms with Gasteiger partial charge in [-0.15, -0.1) is 0 Å². The number of fused-ring (bicyclic) bond motifs is 1. The number of rotatable bonds is 4. The van der Waals surface area contributed by atoms with Gasteiger partial charge >= 0.3 is 0 Å². The Hall–Kier alpha value is -4.33. The molecule has 0 aliphatic rings. The van der Waals surface area contributed by atoms with Gasteiger partial charge in [-0.05, 0) is 49.2 Å². The molecule has 1 N–H and O–H groups in total. The molecular weight excluding hydrogens is 404 g/mol. The molecule has 0 aliphatic carbocycles. The number of anilines is 1. The fourth-order valence-electron chi connectivity index (χ4n) is 3.69. The third-order valence-corrected chi connectivity index (χ3v) is 5.34. The molecule has 0 radical (unpaired) electrons. The average Bonchev–Trinajstić information content (AvgIpc) is 3.42. The van der Waals surface area contributed by atoms with Crippen LogP contribution in [-0.4, -0.2) is 30.4 Å². The van der Waals surface area contributed by atoms with Crippen LogP contribution in [0.4, 0.5) is 5.69 Å². The van der Waals surface area contributed by atoms with Crippen molar-refractivity contribution >= 4 is 17.2 Å². The number of benzene rings is 1. The maximum Gasteiger partial charge on any atom is 0.274 e. The van der Waals surface area contributed by atoms with Crippen molar-refractivity contribution in [2.75, 3.05) is 5.32 Å². The molecule has 0 unspecified atom stereocenters. The number of hydrogen-bond acceptors (Lipinski definition) is 6. The Morgan fingerprint density at radius 2 is 1.91 bits per heavy atom. The van der Waals surface area contributed by atoms with Crippen LogP contribution in [0, 0.1) is 20.8 Å². The number of hydrogen-bond donors (Lipinski definition) is 1. The summed E-state index contributed by atoms with van der Waals surface area (Å²) in [5.74, 6) is 0.761. The molecule has 0 fully saturated rings. The molecule has 5 aromatic rings. The molecule has 0 saturated heterocycles. The van der Waals surface area contributed by atoms with Gasteiger partial charge in [0.2, 0.25) is 11.7 Å². The molecule has 8 heteroatoms. The van der Waals surface area contributed by atoms with Crippen molar-refractivity contribution in [1.29, 1.82) is 0 Å². The second-order valence-corrected chi connectivity index (χ2v) is 7.51. The van der Waals surface area contributed by atoms with E-state index >= 15 is 0 Å². The summed E-state index contributed by atoms with van der Waals surface area (Å²) in [5, 5.41) is 7.07. The largest absolute Gasteiger partial charge is 0.339 e. The molecule has 4 heterocycles. The van der Waals surface area contributed by atoms with E-state index in [2.05, 4.69) is 25.4 Å². The maximum atomic E-state index is 13.2. The molecule has 8 nitrogen and oxygen atoms in total. The van der Waals surface area contributed by atoms with Crippen molar-refractivity contribution in [1.82, 2.24) is 24.5 Å². The zero-order valence-electron chi connectivity index (χ0n) is 17.8. The number of imidazole rings is 1. The van der Waals surface area contributed by atoms with E-state index in [-0.39, 0.29) is 5.91 Å². The predicted molar refractivity (Wildman–Crippen MR) is 120 cm³/mol. The highest BCUT2D eigenvalue weighted by molar-refractivity contribution is 6.06. The zero-order valence-corrected chi connectivity index (χ0v) is 17.8. The van der Waals surface area contributed by atoms with Crippen molar-refractivity contribution < 1.29 is 9.32 Å². The van der Waals surface area contributed by atoms with Crippen LogP contribution in [0.1, 0.15) is 27.6 Å². The third kappa shape index (κ3) is 3.41. The molecule has 0 spiro atoms. The monoisotopic (exact) mass is 424 g/mol. The molecule has 0 bridgehead atoms. The van der Waals surface area contributed by atoms with Gasteiger partial charge in [-0.25, -0.2) is 4.98 Å². The Kier molecular flexibility index (Phi) is 4.74. The highest BCUT2D eigenvalue weighted by Gasteiger charge is 2.18. The van der Waals surface area contributed by atoms with Crippen LogP contribution in [0.25, 0.3) is 28.2 Å². The summed E-state index contributed by atoms with van der Waals surface area (Å²) in [5.41, 5.74) is 6.20. The summed E-state index contributed by atoms with van der Waals surface area (Å²) < 4.78 is 6.89. The first-order valence-corrected chi connectivity index (χ1v) is 10.1. The van der Waals surface area contributed by atoms with Crippen molar-refractivity contribution in [3.05, 3.63) is 83.9 Å². The molecule has 0 atom stereocenters. The van der Waals surface area contributed by atoms with Gasteiger partial charge in [0.25, 0.3) is 5.91 Å². The van der Waals surface area contributed by atoms with Crippen molar-refractivity contribution in [3.8, 4) is 22.5 Å². The van der Waals surface area contributed by atoms with Gasteiger partial charge in [0.1, 0.15) is 11.3 Å². The Morgan fingerprint density at radius 1 is 1.03 bits per heavy atom. The standard InChI is InChI=1S/C24H20N6O2/c1-14-7-8-17(23-27-16(3)32-29-23)12-19(14)18-9-10-25-15(2)22(18)28-24(31)20-13-26-21-6-4-5-11-30(20)21/h4-13H,1-3H3,(H,28,31). The van der Waals surface area contributed by atoms with Crippen LogP contribution in [0.15, 0.2) is 65.6 Å². The molecule has 0 aliphatic heterocycles. The van der Waals surface area contributed by atoms with Gasteiger partial charge < -0.3 is 9.84 Å². The Balaban J connectivity index is 1.57. The van der Waals surface area contributed by atoms with Gasteiger partial charge in [-0.2, -0.15) is 4.98 Å². The second-order valence-electron chi connectivity index (χ2n) is 7.51. The van der Waals surface area contributed by atoms with E-state index in [0.29, 0.717) is 34.4 Å². The Labute approximate surface area is 184 Å². The van der Waals surface area contributed by atoms with E-state index in [9.17, 15) is 4.79 Å². The zero-order chi connectivity index (χ0) is 22.2. The molecule has 1 amide bonds. The van der Waals surface area contributed by atoms with Gasteiger partial charge in [0.15, 0.2) is 0 Å². The summed E-state index contributed by atoms with van der Waals surface area (Å²) in [6.45, 7) is 5.65. The molecule has 158 valence electrons. The smallest absolute Gasteiger partial charge is 0.274 e. The van der Waals surface area contributed by atoms with E-state index in [1.165, 1.54) is 0 Å². The number of nitrogens with one attached hydrogen (secondary N) is 1. The highest BCUT2D eigenvalue weighted by Crippen LogP contribution is 2.34. The molecule has 4 aromatic heterocycles. The van der Waals surface area contributed by atoms with Gasteiger partial charge in [0.05, 0.1) is 17.6 Å². The van der Waals surface area contributed by atoms with E-state index in [4.69, 9.17) is 4.52 Å². The minimum Gasteiger partial charge on any atom is -0.339 e. The van der Waals surface area contributed by atoms with Crippen LogP contribution in [0.3, 0.4) is 0 Å². The summed E-state index contributed by atoms with van der Waals surface area (Å²) in [7, 11) is 0. The van der Waals surface area contributed by atoms with Crippen molar-refractivity contribution in [2.45, 2.75) is 20.8 Å².